The minimum atomic E-state index is 0.211. The van der Waals surface area contributed by atoms with Crippen LogP contribution in [0, 0.1) is 5.41 Å². The fourth-order valence-corrected chi connectivity index (χ4v) is 2.80. The Labute approximate surface area is 130 Å². The van der Waals surface area contributed by atoms with E-state index in [4.69, 9.17) is 15.0 Å². The fraction of sp³-hybridized carbons (Fsp3) is 0.500. The van der Waals surface area contributed by atoms with Crippen molar-refractivity contribution in [2.75, 3.05) is 26.7 Å². The first-order valence-corrected chi connectivity index (χ1v) is 7.51. The lowest BCUT2D eigenvalue weighted by Gasteiger charge is -2.21. The molecule has 0 aliphatic carbocycles. The second kappa shape index (κ2) is 6.06. The average molecular weight is 302 g/mol. The number of ether oxygens (including phenoxy) is 1. The quantitative estimate of drug-likeness (QED) is 0.909. The van der Waals surface area contributed by atoms with Crippen molar-refractivity contribution in [3.05, 3.63) is 30.1 Å². The molecule has 6 nitrogen and oxygen atoms in total. The summed E-state index contributed by atoms with van der Waals surface area (Å²) in [7, 11) is 1.64. The van der Waals surface area contributed by atoms with Gasteiger partial charge >= 0.3 is 0 Å². The summed E-state index contributed by atoms with van der Waals surface area (Å²) in [5, 5.41) is 4.08. The lowest BCUT2D eigenvalue weighted by molar-refractivity contribution is 0.265. The van der Waals surface area contributed by atoms with Gasteiger partial charge in [-0.3, -0.25) is 4.90 Å². The number of nitrogens with zero attached hydrogens (tertiary/aromatic N) is 3. The number of hydrogen-bond donors (Lipinski definition) is 1. The van der Waals surface area contributed by atoms with Crippen molar-refractivity contribution in [2.24, 2.45) is 11.1 Å². The van der Waals surface area contributed by atoms with Crippen molar-refractivity contribution >= 4 is 0 Å². The highest BCUT2D eigenvalue weighted by molar-refractivity contribution is 5.54. The standard InChI is InChI=1S/C16H22N4O2/c1-16(10-17)7-8-20(11-16)9-14-18-15(22-19-14)12-3-5-13(21-2)6-4-12/h3-6H,7-11,17H2,1-2H3. The molecule has 22 heavy (non-hydrogen) atoms. The summed E-state index contributed by atoms with van der Waals surface area (Å²) >= 11 is 0. The zero-order valence-electron chi connectivity index (χ0n) is 13.1. The van der Waals surface area contributed by atoms with Crippen LogP contribution < -0.4 is 10.5 Å². The molecule has 1 aromatic carbocycles. The molecule has 2 aromatic rings. The van der Waals surface area contributed by atoms with Gasteiger partial charge in [-0.05, 0) is 49.2 Å². The van der Waals surface area contributed by atoms with Gasteiger partial charge < -0.3 is 15.0 Å². The molecule has 2 N–H and O–H groups in total. The van der Waals surface area contributed by atoms with E-state index in [0.717, 1.165) is 30.8 Å². The summed E-state index contributed by atoms with van der Waals surface area (Å²) in [6.07, 6.45) is 1.12. The van der Waals surface area contributed by atoms with Crippen molar-refractivity contribution in [1.29, 1.82) is 0 Å². The maximum atomic E-state index is 5.84. The van der Waals surface area contributed by atoms with Crippen molar-refractivity contribution in [2.45, 2.75) is 19.9 Å². The average Bonchev–Trinajstić information content (AvgIpc) is 3.16. The lowest BCUT2D eigenvalue weighted by Crippen LogP contribution is -2.31. The summed E-state index contributed by atoms with van der Waals surface area (Å²) < 4.78 is 10.5. The topological polar surface area (TPSA) is 77.4 Å². The predicted molar refractivity (Wildman–Crippen MR) is 83.3 cm³/mol. The van der Waals surface area contributed by atoms with E-state index in [1.807, 2.05) is 24.3 Å². The number of aromatic nitrogens is 2. The van der Waals surface area contributed by atoms with Gasteiger partial charge in [0.05, 0.1) is 13.7 Å². The minimum absolute atomic E-state index is 0.211. The van der Waals surface area contributed by atoms with Crippen LogP contribution in [0.5, 0.6) is 5.75 Å². The maximum absolute atomic E-state index is 5.84. The second-order valence-corrected chi connectivity index (χ2v) is 6.22. The van der Waals surface area contributed by atoms with Gasteiger partial charge in [0.2, 0.25) is 0 Å². The highest BCUT2D eigenvalue weighted by Gasteiger charge is 2.32. The Balaban J connectivity index is 1.66. The van der Waals surface area contributed by atoms with Crippen LogP contribution in [0.2, 0.25) is 0 Å². The van der Waals surface area contributed by atoms with Crippen LogP contribution in [-0.4, -0.2) is 41.8 Å². The van der Waals surface area contributed by atoms with Crippen molar-refractivity contribution in [3.8, 4) is 17.2 Å². The number of methoxy groups -OCH3 is 1. The molecule has 0 bridgehead atoms. The minimum Gasteiger partial charge on any atom is -0.497 e. The van der Waals surface area contributed by atoms with E-state index in [2.05, 4.69) is 22.0 Å². The molecular formula is C16H22N4O2. The summed E-state index contributed by atoms with van der Waals surface area (Å²) in [6.45, 7) is 5.66. The molecule has 3 rings (SSSR count). The smallest absolute Gasteiger partial charge is 0.257 e. The molecule has 1 aliphatic heterocycles. The zero-order valence-corrected chi connectivity index (χ0v) is 13.1. The van der Waals surface area contributed by atoms with E-state index in [9.17, 15) is 0 Å². The third kappa shape index (κ3) is 3.13. The summed E-state index contributed by atoms with van der Waals surface area (Å²) in [5.41, 5.74) is 6.95. The van der Waals surface area contributed by atoms with Gasteiger partial charge in [0, 0.05) is 12.1 Å². The Bertz CT molecular complexity index is 625. The number of benzene rings is 1. The van der Waals surface area contributed by atoms with Crippen LogP contribution in [0.4, 0.5) is 0 Å². The molecule has 0 saturated carbocycles. The summed E-state index contributed by atoms with van der Waals surface area (Å²) in [6, 6.07) is 7.59. The van der Waals surface area contributed by atoms with Crippen LogP contribution in [0.15, 0.2) is 28.8 Å². The van der Waals surface area contributed by atoms with E-state index in [1.165, 1.54) is 0 Å². The summed E-state index contributed by atoms with van der Waals surface area (Å²) in [5.74, 6) is 2.06. The Morgan fingerprint density at radius 2 is 2.14 bits per heavy atom. The highest BCUT2D eigenvalue weighted by Crippen LogP contribution is 2.29. The molecule has 1 saturated heterocycles. The van der Waals surface area contributed by atoms with Gasteiger partial charge in [0.1, 0.15) is 5.75 Å². The SMILES string of the molecule is COc1ccc(-c2nc(CN3CCC(C)(CN)C3)no2)cc1. The first kappa shape index (κ1) is 15.0. The molecule has 0 amide bonds. The summed E-state index contributed by atoms with van der Waals surface area (Å²) in [4.78, 5) is 6.81. The van der Waals surface area contributed by atoms with Gasteiger partial charge in [-0.15, -0.1) is 0 Å². The molecule has 0 radical (unpaired) electrons. The van der Waals surface area contributed by atoms with Gasteiger partial charge in [-0.1, -0.05) is 12.1 Å². The van der Waals surface area contributed by atoms with Crippen LogP contribution in [0.25, 0.3) is 11.5 Å². The monoisotopic (exact) mass is 302 g/mol. The molecule has 6 heteroatoms. The third-order valence-corrected chi connectivity index (χ3v) is 4.30. The zero-order chi connectivity index (χ0) is 15.6. The van der Waals surface area contributed by atoms with E-state index < -0.39 is 0 Å². The second-order valence-electron chi connectivity index (χ2n) is 6.22. The van der Waals surface area contributed by atoms with Crippen molar-refractivity contribution in [3.63, 3.8) is 0 Å². The molecular weight excluding hydrogens is 280 g/mol. The fourth-order valence-electron chi connectivity index (χ4n) is 2.80. The molecule has 1 atom stereocenters. The van der Waals surface area contributed by atoms with Gasteiger partial charge in [-0.25, -0.2) is 0 Å². The van der Waals surface area contributed by atoms with Crippen LogP contribution >= 0.6 is 0 Å². The lowest BCUT2D eigenvalue weighted by atomic mass is 9.90. The first-order valence-electron chi connectivity index (χ1n) is 7.51. The van der Waals surface area contributed by atoms with Crippen LogP contribution in [0.1, 0.15) is 19.2 Å². The van der Waals surface area contributed by atoms with E-state index >= 15 is 0 Å². The number of likely N-dealkylation sites (tertiary alicyclic amines) is 1. The van der Waals surface area contributed by atoms with Crippen molar-refractivity contribution in [1.82, 2.24) is 15.0 Å². The molecule has 1 unspecified atom stereocenters. The molecule has 118 valence electrons. The normalized spacial score (nSPS) is 22.1. The highest BCUT2D eigenvalue weighted by atomic mass is 16.5. The number of hydrogen-bond acceptors (Lipinski definition) is 6. The van der Waals surface area contributed by atoms with Gasteiger partial charge in [0.25, 0.3) is 5.89 Å². The number of nitrogens with two attached hydrogens (primary N) is 1. The Hall–Kier alpha value is -1.92. The van der Waals surface area contributed by atoms with Gasteiger partial charge in [0.15, 0.2) is 5.82 Å². The van der Waals surface area contributed by atoms with Crippen LogP contribution in [-0.2, 0) is 6.54 Å². The molecule has 1 aliphatic rings. The van der Waals surface area contributed by atoms with E-state index in [1.54, 1.807) is 7.11 Å². The largest absolute Gasteiger partial charge is 0.497 e. The van der Waals surface area contributed by atoms with Crippen molar-refractivity contribution < 1.29 is 9.26 Å². The Morgan fingerprint density at radius 3 is 2.77 bits per heavy atom. The van der Waals surface area contributed by atoms with E-state index in [-0.39, 0.29) is 5.41 Å². The molecule has 2 heterocycles. The van der Waals surface area contributed by atoms with E-state index in [0.29, 0.717) is 24.8 Å². The maximum Gasteiger partial charge on any atom is 0.257 e. The molecule has 1 fully saturated rings. The third-order valence-electron chi connectivity index (χ3n) is 4.30. The first-order chi connectivity index (χ1) is 10.6. The molecule has 1 aromatic heterocycles. The van der Waals surface area contributed by atoms with Crippen LogP contribution in [0.3, 0.4) is 0 Å². The predicted octanol–water partition coefficient (Wildman–Crippen LogP) is 1.92. The Morgan fingerprint density at radius 1 is 1.36 bits per heavy atom. The Kier molecular flexibility index (Phi) is 4.13. The number of rotatable bonds is 5. The molecule has 0 spiro atoms. The van der Waals surface area contributed by atoms with Gasteiger partial charge in [-0.2, -0.15) is 4.98 Å².